The Balaban J connectivity index is 0.00000220. The third kappa shape index (κ3) is 4.03. The van der Waals surface area contributed by atoms with Crippen LogP contribution in [0.25, 0.3) is 11.1 Å². The normalized spacial score (nSPS) is 9.86. The van der Waals surface area contributed by atoms with Gasteiger partial charge < -0.3 is 10.1 Å². The zero-order valence-corrected chi connectivity index (χ0v) is 12.7. The van der Waals surface area contributed by atoms with Gasteiger partial charge in [-0.2, -0.15) is 0 Å². The monoisotopic (exact) mass is 309 g/mol. The number of nitrogens with one attached hydrogen (secondary N) is 1. The van der Waals surface area contributed by atoms with Crippen molar-refractivity contribution >= 4 is 18.4 Å². The molecule has 0 aliphatic heterocycles. The van der Waals surface area contributed by atoms with E-state index in [0.29, 0.717) is 0 Å². The molecule has 0 aliphatic carbocycles. The first-order valence-corrected chi connectivity index (χ1v) is 6.27. The van der Waals surface area contributed by atoms with E-state index in [-0.39, 0.29) is 18.0 Å². The molecule has 0 amide bonds. The molecule has 0 saturated carbocycles. The summed E-state index contributed by atoms with van der Waals surface area (Å²) in [6.07, 6.45) is 0. The van der Waals surface area contributed by atoms with E-state index in [1.54, 1.807) is 6.07 Å². The van der Waals surface area contributed by atoms with Gasteiger partial charge in [0.1, 0.15) is 5.82 Å². The fourth-order valence-corrected chi connectivity index (χ4v) is 1.99. The number of carbonyl (C=O) groups is 1. The lowest BCUT2D eigenvalue weighted by molar-refractivity contribution is 0.0595. The van der Waals surface area contributed by atoms with Gasteiger partial charge in [0.05, 0.1) is 12.7 Å². The molecule has 5 heteroatoms. The van der Waals surface area contributed by atoms with Crippen LogP contribution < -0.4 is 5.32 Å². The number of halogens is 2. The molecular formula is C16H17ClFNO2. The molecule has 0 bridgehead atoms. The fourth-order valence-electron chi connectivity index (χ4n) is 1.99. The van der Waals surface area contributed by atoms with Crippen molar-refractivity contribution in [2.24, 2.45) is 0 Å². The molecule has 1 N–H and O–H groups in total. The quantitative estimate of drug-likeness (QED) is 0.880. The first-order valence-electron chi connectivity index (χ1n) is 6.27. The van der Waals surface area contributed by atoms with E-state index >= 15 is 0 Å². The van der Waals surface area contributed by atoms with E-state index in [4.69, 9.17) is 0 Å². The summed E-state index contributed by atoms with van der Waals surface area (Å²) in [5.41, 5.74) is 2.73. The first kappa shape index (κ1) is 17.1. The number of esters is 1. The number of hydrogen-bond donors (Lipinski definition) is 1. The minimum atomic E-state index is -0.668. The molecule has 2 rings (SSSR count). The van der Waals surface area contributed by atoms with Crippen LogP contribution in [-0.2, 0) is 11.3 Å². The largest absolute Gasteiger partial charge is 0.465 e. The van der Waals surface area contributed by atoms with Gasteiger partial charge in [-0.3, -0.25) is 0 Å². The SMILES string of the molecule is CNCc1ccc(-c2ccc(C(=O)OC)c(F)c2)cc1.Cl. The first-order chi connectivity index (χ1) is 9.65. The summed E-state index contributed by atoms with van der Waals surface area (Å²) in [7, 11) is 3.12. The number of carbonyl (C=O) groups excluding carboxylic acids is 1. The predicted octanol–water partition coefficient (Wildman–Crippen LogP) is 3.42. The van der Waals surface area contributed by atoms with Gasteiger partial charge in [-0.1, -0.05) is 30.3 Å². The second kappa shape index (κ2) is 7.76. The summed E-state index contributed by atoms with van der Waals surface area (Å²) in [5.74, 6) is -1.24. The van der Waals surface area contributed by atoms with Gasteiger partial charge >= 0.3 is 5.97 Å². The average Bonchev–Trinajstić information content (AvgIpc) is 2.47. The molecule has 2 aromatic rings. The van der Waals surface area contributed by atoms with Crippen LogP contribution in [0.4, 0.5) is 4.39 Å². The fraction of sp³-hybridized carbons (Fsp3) is 0.188. The Kier molecular flexibility index (Phi) is 6.34. The highest BCUT2D eigenvalue weighted by atomic mass is 35.5. The van der Waals surface area contributed by atoms with E-state index in [9.17, 15) is 9.18 Å². The van der Waals surface area contributed by atoms with Crippen LogP contribution in [0.1, 0.15) is 15.9 Å². The Morgan fingerprint density at radius 3 is 2.29 bits per heavy atom. The van der Waals surface area contributed by atoms with E-state index in [2.05, 4.69) is 10.1 Å². The van der Waals surface area contributed by atoms with Crippen LogP contribution in [0.15, 0.2) is 42.5 Å². The van der Waals surface area contributed by atoms with Crippen LogP contribution in [0.2, 0.25) is 0 Å². The van der Waals surface area contributed by atoms with Gasteiger partial charge in [-0.15, -0.1) is 12.4 Å². The molecule has 0 saturated heterocycles. The number of ether oxygens (including phenoxy) is 1. The summed E-state index contributed by atoms with van der Waals surface area (Å²) < 4.78 is 18.4. The Morgan fingerprint density at radius 2 is 1.76 bits per heavy atom. The molecular weight excluding hydrogens is 293 g/mol. The lowest BCUT2D eigenvalue weighted by Crippen LogP contribution is -2.05. The number of rotatable bonds is 4. The Morgan fingerprint density at radius 1 is 1.14 bits per heavy atom. The second-order valence-electron chi connectivity index (χ2n) is 4.41. The van der Waals surface area contributed by atoms with Crippen molar-refractivity contribution in [1.29, 1.82) is 0 Å². The van der Waals surface area contributed by atoms with Gasteiger partial charge in [-0.25, -0.2) is 9.18 Å². The van der Waals surface area contributed by atoms with Gasteiger partial charge in [-0.05, 0) is 35.9 Å². The van der Waals surface area contributed by atoms with E-state index < -0.39 is 11.8 Å². The zero-order valence-electron chi connectivity index (χ0n) is 11.9. The summed E-state index contributed by atoms with van der Waals surface area (Å²) in [5, 5.41) is 3.07. The van der Waals surface area contributed by atoms with Crippen LogP contribution in [0.5, 0.6) is 0 Å². The van der Waals surface area contributed by atoms with Crippen LogP contribution in [0.3, 0.4) is 0 Å². The summed E-state index contributed by atoms with van der Waals surface area (Å²) in [6, 6.07) is 12.3. The topological polar surface area (TPSA) is 38.3 Å². The van der Waals surface area contributed by atoms with Crippen molar-refractivity contribution in [1.82, 2.24) is 5.32 Å². The molecule has 0 heterocycles. The minimum absolute atomic E-state index is 0. The zero-order chi connectivity index (χ0) is 14.5. The van der Waals surface area contributed by atoms with Crippen LogP contribution in [-0.4, -0.2) is 20.1 Å². The van der Waals surface area contributed by atoms with Crippen molar-refractivity contribution in [2.45, 2.75) is 6.54 Å². The highest BCUT2D eigenvalue weighted by molar-refractivity contribution is 5.90. The maximum absolute atomic E-state index is 13.9. The van der Waals surface area contributed by atoms with E-state index in [0.717, 1.165) is 23.2 Å². The molecule has 0 aromatic heterocycles. The molecule has 0 fully saturated rings. The van der Waals surface area contributed by atoms with Crippen LogP contribution >= 0.6 is 12.4 Å². The summed E-state index contributed by atoms with van der Waals surface area (Å²) in [4.78, 5) is 11.3. The molecule has 0 spiro atoms. The Hall–Kier alpha value is -1.91. The lowest BCUT2D eigenvalue weighted by atomic mass is 10.0. The lowest BCUT2D eigenvalue weighted by Gasteiger charge is -2.06. The molecule has 0 atom stereocenters. The highest BCUT2D eigenvalue weighted by Crippen LogP contribution is 2.22. The summed E-state index contributed by atoms with van der Waals surface area (Å²) >= 11 is 0. The minimum Gasteiger partial charge on any atom is -0.465 e. The Bertz CT molecular complexity index is 614. The third-order valence-electron chi connectivity index (χ3n) is 3.04. The van der Waals surface area contributed by atoms with Crippen molar-refractivity contribution in [3.05, 3.63) is 59.4 Å². The average molecular weight is 310 g/mol. The van der Waals surface area contributed by atoms with Crippen molar-refractivity contribution in [3.63, 3.8) is 0 Å². The standard InChI is InChI=1S/C16H16FNO2.ClH/c1-18-10-11-3-5-12(6-4-11)13-7-8-14(15(17)9-13)16(19)20-2;/h3-9,18H,10H2,1-2H3;1H. The molecule has 0 radical (unpaired) electrons. The van der Waals surface area contributed by atoms with E-state index in [1.807, 2.05) is 31.3 Å². The molecule has 2 aromatic carbocycles. The maximum atomic E-state index is 13.9. The third-order valence-corrected chi connectivity index (χ3v) is 3.04. The maximum Gasteiger partial charge on any atom is 0.340 e. The summed E-state index contributed by atoms with van der Waals surface area (Å²) in [6.45, 7) is 0.788. The van der Waals surface area contributed by atoms with Gasteiger partial charge in [0, 0.05) is 6.54 Å². The van der Waals surface area contributed by atoms with E-state index in [1.165, 1.54) is 19.2 Å². The molecule has 0 unspecified atom stereocenters. The molecule has 3 nitrogen and oxygen atoms in total. The van der Waals surface area contributed by atoms with Gasteiger partial charge in [0.15, 0.2) is 0 Å². The number of hydrogen-bond acceptors (Lipinski definition) is 3. The van der Waals surface area contributed by atoms with Crippen molar-refractivity contribution in [2.75, 3.05) is 14.2 Å². The van der Waals surface area contributed by atoms with Crippen molar-refractivity contribution in [3.8, 4) is 11.1 Å². The highest BCUT2D eigenvalue weighted by Gasteiger charge is 2.12. The second-order valence-corrected chi connectivity index (χ2v) is 4.41. The smallest absolute Gasteiger partial charge is 0.340 e. The van der Waals surface area contributed by atoms with Crippen molar-refractivity contribution < 1.29 is 13.9 Å². The predicted molar refractivity (Wildman–Crippen MR) is 83.2 cm³/mol. The Labute approximate surface area is 129 Å². The van der Waals surface area contributed by atoms with Gasteiger partial charge in [0.25, 0.3) is 0 Å². The van der Waals surface area contributed by atoms with Gasteiger partial charge in [0.2, 0.25) is 0 Å². The molecule has 21 heavy (non-hydrogen) atoms. The molecule has 112 valence electrons. The number of benzene rings is 2. The molecule has 0 aliphatic rings. The van der Waals surface area contributed by atoms with Crippen LogP contribution in [0, 0.1) is 5.82 Å². The number of methoxy groups -OCH3 is 1.